The van der Waals surface area contributed by atoms with Crippen LogP contribution in [0.25, 0.3) is 11.0 Å². The first-order valence-electron chi connectivity index (χ1n) is 11.1. The molecule has 1 fully saturated rings. The lowest BCUT2D eigenvalue weighted by Gasteiger charge is -2.42. The van der Waals surface area contributed by atoms with E-state index >= 15 is 0 Å². The number of piperidine rings is 1. The maximum absolute atomic E-state index is 12.9. The molecule has 0 radical (unpaired) electrons. The monoisotopic (exact) mass is 475 g/mol. The molecule has 1 aliphatic heterocycles. The highest BCUT2D eigenvalue weighted by molar-refractivity contribution is 6.00. The summed E-state index contributed by atoms with van der Waals surface area (Å²) < 4.78 is 1.34. The first-order chi connectivity index (χ1) is 16.8. The van der Waals surface area contributed by atoms with Gasteiger partial charge >= 0.3 is 12.0 Å². The van der Waals surface area contributed by atoms with E-state index < -0.39 is 12.0 Å². The molecule has 11 nitrogen and oxygen atoms in total. The van der Waals surface area contributed by atoms with Gasteiger partial charge in [-0.05, 0) is 36.6 Å². The summed E-state index contributed by atoms with van der Waals surface area (Å²) in [5.74, 6) is -0.359. The van der Waals surface area contributed by atoms with Crippen LogP contribution in [0, 0.1) is 17.2 Å². The second-order valence-electron chi connectivity index (χ2n) is 8.56. The van der Waals surface area contributed by atoms with Crippen LogP contribution in [0.1, 0.15) is 30.1 Å². The Kier molecular flexibility index (Phi) is 6.64. The van der Waals surface area contributed by atoms with Gasteiger partial charge in [0.15, 0.2) is 5.65 Å². The number of hydrogen-bond acceptors (Lipinski definition) is 7. The zero-order valence-electron chi connectivity index (χ0n) is 19.4. The van der Waals surface area contributed by atoms with Crippen LogP contribution in [0.4, 0.5) is 16.3 Å². The summed E-state index contributed by atoms with van der Waals surface area (Å²) in [5.41, 5.74) is 0.811. The molecule has 35 heavy (non-hydrogen) atoms. The average molecular weight is 476 g/mol. The molecule has 1 aromatic carbocycles. The summed E-state index contributed by atoms with van der Waals surface area (Å²) in [6, 6.07) is 9.13. The smallest absolute Gasteiger partial charge is 0.335 e. The first kappa shape index (κ1) is 23.7. The number of rotatable bonds is 5. The van der Waals surface area contributed by atoms with Crippen molar-refractivity contribution in [1.29, 1.82) is 5.26 Å². The summed E-state index contributed by atoms with van der Waals surface area (Å²) in [6.07, 6.45) is 3.63. The number of nitrogens with zero attached hydrogens (tertiary/aromatic N) is 6. The van der Waals surface area contributed by atoms with Crippen molar-refractivity contribution < 1.29 is 19.5 Å². The highest BCUT2D eigenvalue weighted by Gasteiger charge is 2.32. The number of nitrogens with one attached hydrogen (secondary N) is 1. The summed E-state index contributed by atoms with van der Waals surface area (Å²) in [6.45, 7) is 3.21. The zero-order valence-corrected chi connectivity index (χ0v) is 19.4. The topological polar surface area (TPSA) is 144 Å². The van der Waals surface area contributed by atoms with E-state index in [1.807, 2.05) is 18.0 Å². The highest BCUT2D eigenvalue weighted by atomic mass is 16.4. The van der Waals surface area contributed by atoms with Crippen LogP contribution in [0.15, 0.2) is 42.9 Å². The van der Waals surface area contributed by atoms with Gasteiger partial charge in [-0.3, -0.25) is 9.36 Å². The Morgan fingerprint density at radius 3 is 2.83 bits per heavy atom. The number of aromatic carboxylic acids is 1. The van der Waals surface area contributed by atoms with Gasteiger partial charge < -0.3 is 20.2 Å². The summed E-state index contributed by atoms with van der Waals surface area (Å²) in [7, 11) is 1.90. The van der Waals surface area contributed by atoms with E-state index in [0.29, 0.717) is 35.6 Å². The quantitative estimate of drug-likeness (QED) is 0.573. The van der Waals surface area contributed by atoms with Crippen molar-refractivity contribution in [2.24, 2.45) is 5.92 Å². The van der Waals surface area contributed by atoms with Crippen LogP contribution >= 0.6 is 0 Å². The third kappa shape index (κ3) is 4.77. The normalized spacial score (nSPS) is 17.6. The number of hydrogen-bond donors (Lipinski definition) is 2. The number of amides is 2. The summed E-state index contributed by atoms with van der Waals surface area (Å²) in [5, 5.41) is 21.4. The molecular weight excluding hydrogens is 450 g/mol. The molecular formula is C24H25N7O4. The molecule has 180 valence electrons. The third-order valence-electron chi connectivity index (χ3n) is 6.37. The Balaban J connectivity index is 1.59. The number of benzene rings is 1. The molecule has 11 heteroatoms. The van der Waals surface area contributed by atoms with Crippen LogP contribution in [-0.2, 0) is 4.79 Å². The molecule has 0 spiro atoms. The van der Waals surface area contributed by atoms with Gasteiger partial charge in [-0.1, -0.05) is 13.0 Å². The minimum Gasteiger partial charge on any atom is -0.478 e. The van der Waals surface area contributed by atoms with Gasteiger partial charge in [0.2, 0.25) is 5.91 Å². The number of nitriles is 1. The van der Waals surface area contributed by atoms with Crippen LogP contribution in [0.2, 0.25) is 0 Å². The molecule has 0 unspecified atom stereocenters. The van der Waals surface area contributed by atoms with Crippen LogP contribution < -0.4 is 10.2 Å². The van der Waals surface area contributed by atoms with Gasteiger partial charge in [-0.25, -0.2) is 19.6 Å². The maximum Gasteiger partial charge on any atom is 0.335 e. The highest BCUT2D eigenvalue weighted by Crippen LogP contribution is 2.29. The van der Waals surface area contributed by atoms with Gasteiger partial charge in [0.1, 0.15) is 18.6 Å². The van der Waals surface area contributed by atoms with Crippen LogP contribution in [-0.4, -0.2) is 68.6 Å². The van der Waals surface area contributed by atoms with Crippen LogP contribution in [0.3, 0.4) is 0 Å². The Labute approximate surface area is 201 Å². The Bertz CT molecular complexity index is 1330. The second-order valence-corrected chi connectivity index (χ2v) is 8.56. The molecule has 0 aliphatic carbocycles. The van der Waals surface area contributed by atoms with E-state index in [0.717, 1.165) is 6.42 Å². The largest absolute Gasteiger partial charge is 0.478 e. The molecule has 2 aromatic heterocycles. The Hall–Kier alpha value is -4.46. The molecule has 1 aliphatic rings. The number of aromatic nitrogens is 3. The van der Waals surface area contributed by atoms with Crippen molar-refractivity contribution in [3.8, 4) is 6.07 Å². The lowest BCUT2D eigenvalue weighted by molar-refractivity contribution is -0.131. The van der Waals surface area contributed by atoms with Gasteiger partial charge in [-0.2, -0.15) is 5.26 Å². The van der Waals surface area contributed by atoms with Crippen molar-refractivity contribution in [3.63, 3.8) is 0 Å². The number of likely N-dealkylation sites (tertiary alicyclic amines) is 1. The number of likely N-dealkylation sites (N-methyl/N-ethyl adjacent to an activating group) is 1. The Morgan fingerprint density at radius 1 is 1.29 bits per heavy atom. The van der Waals surface area contributed by atoms with Gasteiger partial charge in [0, 0.05) is 32.0 Å². The predicted octanol–water partition coefficient (Wildman–Crippen LogP) is 2.80. The van der Waals surface area contributed by atoms with Crippen molar-refractivity contribution in [1.82, 2.24) is 19.4 Å². The van der Waals surface area contributed by atoms with Gasteiger partial charge in [-0.15, -0.1) is 0 Å². The fourth-order valence-corrected chi connectivity index (χ4v) is 4.41. The van der Waals surface area contributed by atoms with E-state index in [1.165, 1.54) is 23.0 Å². The number of carboxylic acids is 1. The third-order valence-corrected chi connectivity index (χ3v) is 6.37. The van der Waals surface area contributed by atoms with E-state index in [9.17, 15) is 19.5 Å². The second kappa shape index (κ2) is 9.80. The standard InChI is InChI=1S/C24H25N7O4/c1-15-7-10-30(20(32)6-9-25)13-19(15)29(2)21-18-8-11-31(22(18)27-14-26-21)24(35)28-17-5-3-4-16(12-17)23(33)34/h3-5,8,11-12,14-15,19H,6-7,10,13H2,1-2H3,(H,28,35)(H,33,34)/t15-,19+/m1/s1. The number of anilines is 2. The molecule has 3 aromatic rings. The van der Waals surface area contributed by atoms with E-state index in [-0.39, 0.29) is 29.9 Å². The number of carboxylic acid groups (broad SMARTS) is 1. The first-order valence-corrected chi connectivity index (χ1v) is 11.1. The molecule has 2 atom stereocenters. The fraction of sp³-hybridized carbons (Fsp3) is 0.333. The molecule has 2 amide bonds. The molecule has 0 saturated carbocycles. The fourth-order valence-electron chi connectivity index (χ4n) is 4.41. The molecule has 1 saturated heterocycles. The number of fused-ring (bicyclic) bond motifs is 1. The lowest BCUT2D eigenvalue weighted by atomic mass is 9.92. The molecule has 2 N–H and O–H groups in total. The van der Waals surface area contributed by atoms with Crippen molar-refractivity contribution in [2.75, 3.05) is 30.4 Å². The summed E-state index contributed by atoms with van der Waals surface area (Å²) in [4.78, 5) is 48.9. The molecule has 0 bridgehead atoms. The van der Waals surface area contributed by atoms with Crippen molar-refractivity contribution >= 4 is 40.4 Å². The molecule has 3 heterocycles. The number of carbonyl (C=O) groups excluding carboxylic acids is 2. The lowest BCUT2D eigenvalue weighted by Crippen LogP contribution is -2.52. The van der Waals surface area contributed by atoms with Gasteiger partial charge in [0.05, 0.1) is 23.1 Å². The summed E-state index contributed by atoms with van der Waals surface area (Å²) >= 11 is 0. The minimum atomic E-state index is -1.09. The Morgan fingerprint density at radius 2 is 2.09 bits per heavy atom. The van der Waals surface area contributed by atoms with E-state index in [4.69, 9.17) is 5.26 Å². The predicted molar refractivity (Wildman–Crippen MR) is 128 cm³/mol. The maximum atomic E-state index is 12.9. The average Bonchev–Trinajstić information content (AvgIpc) is 3.29. The van der Waals surface area contributed by atoms with Crippen molar-refractivity contribution in [2.45, 2.75) is 25.8 Å². The van der Waals surface area contributed by atoms with E-state index in [1.54, 1.807) is 29.3 Å². The minimum absolute atomic E-state index is 0.0274. The van der Waals surface area contributed by atoms with Crippen LogP contribution in [0.5, 0.6) is 0 Å². The van der Waals surface area contributed by atoms with E-state index in [2.05, 4.69) is 22.2 Å². The zero-order chi connectivity index (χ0) is 25.1. The molecule has 4 rings (SSSR count). The van der Waals surface area contributed by atoms with Crippen molar-refractivity contribution in [3.05, 3.63) is 48.4 Å². The number of carbonyl (C=O) groups is 3. The SMILES string of the molecule is C[C@@H]1CCN(C(=O)CC#N)C[C@@H]1N(C)c1ncnc2c1ccn2C(=O)Nc1cccc(C(=O)O)c1. The van der Waals surface area contributed by atoms with Gasteiger partial charge in [0.25, 0.3) is 0 Å².